The Bertz CT molecular complexity index is 801. The highest BCUT2D eigenvalue weighted by Gasteiger charge is 2.38. The second-order valence-electron chi connectivity index (χ2n) is 6.94. The Balaban J connectivity index is 1.38. The molecule has 2 aliphatic rings. The fourth-order valence-electron chi connectivity index (χ4n) is 3.81. The third kappa shape index (κ3) is 3.96. The highest BCUT2D eigenvalue weighted by atomic mass is 35.5. The molecule has 0 radical (unpaired) electrons. The van der Waals surface area contributed by atoms with Crippen molar-refractivity contribution in [1.82, 2.24) is 9.80 Å². The summed E-state index contributed by atoms with van der Waals surface area (Å²) < 4.78 is 0. The van der Waals surface area contributed by atoms with Gasteiger partial charge in [-0.2, -0.15) is 0 Å². The van der Waals surface area contributed by atoms with E-state index in [1.807, 2.05) is 46.7 Å². The minimum Gasteiger partial charge on any atom is -0.368 e. The Hall–Kier alpha value is -2.05. The molecule has 1 aromatic heterocycles. The molecule has 1 aromatic carbocycles. The van der Waals surface area contributed by atoms with E-state index >= 15 is 0 Å². The molecule has 0 aliphatic carbocycles. The predicted octanol–water partition coefficient (Wildman–Crippen LogP) is 3.24. The number of hydrogen-bond acceptors (Lipinski definition) is 4. The highest BCUT2D eigenvalue weighted by Crippen LogP contribution is 2.26. The van der Waals surface area contributed by atoms with Gasteiger partial charge in [-0.15, -0.1) is 11.3 Å². The van der Waals surface area contributed by atoms with Gasteiger partial charge in [0.05, 0.1) is 6.54 Å². The highest BCUT2D eigenvalue weighted by molar-refractivity contribution is 7.09. The monoisotopic (exact) mass is 403 g/mol. The van der Waals surface area contributed by atoms with Gasteiger partial charge in [-0.3, -0.25) is 9.59 Å². The lowest BCUT2D eigenvalue weighted by atomic mass is 10.1. The van der Waals surface area contributed by atoms with E-state index in [4.69, 9.17) is 11.6 Å². The summed E-state index contributed by atoms with van der Waals surface area (Å²) in [4.78, 5) is 32.4. The van der Waals surface area contributed by atoms with Crippen LogP contribution in [-0.4, -0.2) is 53.8 Å². The Labute approximate surface area is 168 Å². The summed E-state index contributed by atoms with van der Waals surface area (Å²) in [6.07, 6.45) is 1.09. The van der Waals surface area contributed by atoms with Crippen LogP contribution in [0.5, 0.6) is 0 Å². The molecule has 27 heavy (non-hydrogen) atoms. The molecule has 0 saturated carbocycles. The Kier molecular flexibility index (Phi) is 5.36. The van der Waals surface area contributed by atoms with Crippen LogP contribution in [0.15, 0.2) is 41.8 Å². The van der Waals surface area contributed by atoms with Gasteiger partial charge in [-0.05, 0) is 42.1 Å². The van der Waals surface area contributed by atoms with E-state index < -0.39 is 0 Å². The number of benzene rings is 1. The molecule has 0 bridgehead atoms. The second-order valence-corrected chi connectivity index (χ2v) is 8.41. The van der Waals surface area contributed by atoms with Gasteiger partial charge in [-0.25, -0.2) is 0 Å². The van der Waals surface area contributed by atoms with E-state index in [9.17, 15) is 9.59 Å². The summed E-state index contributed by atoms with van der Waals surface area (Å²) in [6, 6.07) is 11.5. The van der Waals surface area contributed by atoms with Crippen molar-refractivity contribution in [2.75, 3.05) is 31.1 Å². The standard InChI is InChI=1S/C20H22ClN3O2S/c21-15-3-5-16(6-4-15)22-9-11-23(12-10-22)20(26)18-7-8-19(25)24(18)14-17-2-1-13-27-17/h1-6,13,18H,7-12,14H2. The average molecular weight is 404 g/mol. The maximum Gasteiger partial charge on any atom is 0.245 e. The lowest BCUT2D eigenvalue weighted by Gasteiger charge is -2.38. The summed E-state index contributed by atoms with van der Waals surface area (Å²) >= 11 is 7.59. The molecule has 2 amide bonds. The molecule has 142 valence electrons. The topological polar surface area (TPSA) is 43.9 Å². The number of carbonyl (C=O) groups is 2. The number of likely N-dealkylation sites (tertiary alicyclic amines) is 1. The van der Waals surface area contributed by atoms with Crippen LogP contribution in [0, 0.1) is 0 Å². The zero-order valence-electron chi connectivity index (χ0n) is 15.0. The van der Waals surface area contributed by atoms with E-state index in [1.54, 1.807) is 16.2 Å². The third-order valence-corrected chi connectivity index (χ3v) is 6.42. The van der Waals surface area contributed by atoms with Crippen LogP contribution in [0.1, 0.15) is 17.7 Å². The van der Waals surface area contributed by atoms with Gasteiger partial charge in [-0.1, -0.05) is 17.7 Å². The molecule has 1 atom stereocenters. The first-order valence-electron chi connectivity index (χ1n) is 9.23. The van der Waals surface area contributed by atoms with E-state index in [-0.39, 0.29) is 17.9 Å². The van der Waals surface area contributed by atoms with Crippen LogP contribution >= 0.6 is 22.9 Å². The van der Waals surface area contributed by atoms with Crippen LogP contribution < -0.4 is 4.90 Å². The lowest BCUT2D eigenvalue weighted by Crippen LogP contribution is -2.54. The maximum atomic E-state index is 13.1. The second kappa shape index (κ2) is 7.90. The molecule has 2 saturated heterocycles. The maximum absolute atomic E-state index is 13.1. The van der Waals surface area contributed by atoms with Gasteiger partial charge in [0.2, 0.25) is 11.8 Å². The summed E-state index contributed by atoms with van der Waals surface area (Å²) in [5.41, 5.74) is 1.13. The first-order chi connectivity index (χ1) is 13.1. The molecular formula is C20H22ClN3O2S. The fraction of sp³-hybridized carbons (Fsp3) is 0.400. The number of anilines is 1. The van der Waals surface area contributed by atoms with Crippen molar-refractivity contribution in [1.29, 1.82) is 0 Å². The molecule has 2 aliphatic heterocycles. The van der Waals surface area contributed by atoms with Crippen LogP contribution in [0.25, 0.3) is 0 Å². The Morgan fingerprint density at radius 3 is 2.52 bits per heavy atom. The smallest absolute Gasteiger partial charge is 0.245 e. The molecule has 0 N–H and O–H groups in total. The van der Waals surface area contributed by atoms with Crippen LogP contribution in [-0.2, 0) is 16.1 Å². The predicted molar refractivity (Wildman–Crippen MR) is 108 cm³/mol. The molecule has 7 heteroatoms. The SMILES string of the molecule is O=C(C1CCC(=O)N1Cc1cccs1)N1CCN(c2ccc(Cl)cc2)CC1. The van der Waals surface area contributed by atoms with Crippen molar-refractivity contribution in [2.45, 2.75) is 25.4 Å². The van der Waals surface area contributed by atoms with Crippen molar-refractivity contribution in [3.63, 3.8) is 0 Å². The minimum atomic E-state index is -0.318. The molecule has 1 unspecified atom stereocenters. The number of nitrogens with zero attached hydrogens (tertiary/aromatic N) is 3. The summed E-state index contributed by atoms with van der Waals surface area (Å²) in [5, 5.41) is 2.73. The summed E-state index contributed by atoms with van der Waals surface area (Å²) in [6.45, 7) is 3.48. The van der Waals surface area contributed by atoms with Gasteiger partial charge >= 0.3 is 0 Å². The molecule has 0 spiro atoms. The number of hydrogen-bond donors (Lipinski definition) is 0. The number of rotatable bonds is 4. The zero-order valence-corrected chi connectivity index (χ0v) is 16.6. The summed E-state index contributed by atoms with van der Waals surface area (Å²) in [5.74, 6) is 0.176. The third-order valence-electron chi connectivity index (χ3n) is 5.30. The lowest BCUT2D eigenvalue weighted by molar-refractivity contribution is -0.142. The van der Waals surface area contributed by atoms with Gasteiger partial charge < -0.3 is 14.7 Å². The van der Waals surface area contributed by atoms with Gasteiger partial charge in [0.15, 0.2) is 0 Å². The number of amides is 2. The number of halogens is 1. The molecule has 2 fully saturated rings. The van der Waals surface area contributed by atoms with Gasteiger partial charge in [0.25, 0.3) is 0 Å². The van der Waals surface area contributed by atoms with Crippen molar-refractivity contribution >= 4 is 40.4 Å². The Morgan fingerprint density at radius 1 is 1.11 bits per heavy atom. The quantitative estimate of drug-likeness (QED) is 0.787. The molecule has 3 heterocycles. The molecule has 4 rings (SSSR count). The number of thiophene rings is 1. The van der Waals surface area contributed by atoms with Crippen molar-refractivity contribution in [3.05, 3.63) is 51.7 Å². The number of piperazine rings is 1. The largest absolute Gasteiger partial charge is 0.368 e. The van der Waals surface area contributed by atoms with Crippen LogP contribution in [0.4, 0.5) is 5.69 Å². The van der Waals surface area contributed by atoms with Crippen LogP contribution in [0.3, 0.4) is 0 Å². The summed E-state index contributed by atoms with van der Waals surface area (Å²) in [7, 11) is 0. The molecule has 5 nitrogen and oxygen atoms in total. The van der Waals surface area contributed by atoms with Crippen molar-refractivity contribution < 1.29 is 9.59 Å². The first kappa shape index (κ1) is 18.3. The van der Waals surface area contributed by atoms with Crippen molar-refractivity contribution in [2.24, 2.45) is 0 Å². The van der Waals surface area contributed by atoms with E-state index in [0.29, 0.717) is 32.5 Å². The van der Waals surface area contributed by atoms with Crippen LogP contribution in [0.2, 0.25) is 5.02 Å². The minimum absolute atomic E-state index is 0.0848. The first-order valence-corrected chi connectivity index (χ1v) is 10.5. The van der Waals surface area contributed by atoms with E-state index in [0.717, 1.165) is 28.7 Å². The average Bonchev–Trinajstić information content (AvgIpc) is 3.33. The fourth-order valence-corrected chi connectivity index (χ4v) is 4.64. The zero-order chi connectivity index (χ0) is 18.8. The molecular weight excluding hydrogens is 382 g/mol. The normalized spacial score (nSPS) is 20.4. The van der Waals surface area contributed by atoms with E-state index in [2.05, 4.69) is 4.90 Å². The van der Waals surface area contributed by atoms with E-state index in [1.165, 1.54) is 0 Å². The molecule has 2 aromatic rings. The Morgan fingerprint density at radius 2 is 1.85 bits per heavy atom. The number of carbonyl (C=O) groups excluding carboxylic acids is 2. The van der Waals surface area contributed by atoms with Gasteiger partial charge in [0.1, 0.15) is 6.04 Å². The van der Waals surface area contributed by atoms with Gasteiger partial charge in [0, 0.05) is 48.2 Å². The van der Waals surface area contributed by atoms with Crippen molar-refractivity contribution in [3.8, 4) is 0 Å².